The molecule has 0 bridgehead atoms. The van der Waals surface area contributed by atoms with E-state index in [1.54, 1.807) is 0 Å². The Morgan fingerprint density at radius 2 is 1.07 bits per heavy atom. The monoisotopic (exact) mass is 526 g/mol. The predicted octanol–water partition coefficient (Wildman–Crippen LogP) is 6.81. The van der Waals surface area contributed by atoms with Gasteiger partial charge in [0, 0.05) is 10.7 Å². The highest BCUT2D eigenvalue weighted by atomic mass is 79.9. The van der Waals surface area contributed by atoms with E-state index in [1.165, 1.54) is 59.2 Å². The number of unbranched alkanes of at least 4 members (excludes halogenated alkanes) is 7. The molecule has 0 aromatic rings. The number of ether oxygens (including phenoxy) is 2. The quantitative estimate of drug-likeness (QED) is 0.101. The van der Waals surface area contributed by atoms with E-state index < -0.39 is 21.7 Å². The van der Waals surface area contributed by atoms with E-state index in [0.717, 1.165) is 24.6 Å². The lowest BCUT2D eigenvalue weighted by Gasteiger charge is -2.37. The summed E-state index contributed by atoms with van der Waals surface area (Å²) in [5.41, 5.74) is -0.193. The number of methoxy groups -OCH3 is 2. The van der Waals surface area contributed by atoms with Crippen LogP contribution in [0.1, 0.15) is 91.9 Å². The normalized spacial score (nSPS) is 12.7. The summed E-state index contributed by atoms with van der Waals surface area (Å²) >= 11 is 6.93. The summed E-state index contributed by atoms with van der Waals surface area (Å²) in [7, 11) is 2.58. The average Bonchev–Trinajstić information content (AvgIpc) is 2.66. The van der Waals surface area contributed by atoms with Gasteiger partial charge in [-0.15, -0.1) is 0 Å². The molecule has 166 valence electrons. The molecule has 0 aliphatic rings. The van der Waals surface area contributed by atoms with Gasteiger partial charge in [0.15, 0.2) is 0 Å². The zero-order valence-corrected chi connectivity index (χ0v) is 21.8. The first-order valence-corrected chi connectivity index (χ1v) is 12.3. The van der Waals surface area contributed by atoms with Gasteiger partial charge in [-0.2, -0.15) is 0 Å². The number of halogens is 2. The summed E-state index contributed by atoms with van der Waals surface area (Å²) in [6, 6.07) is 0. The van der Waals surface area contributed by atoms with Gasteiger partial charge in [0.2, 0.25) is 4.32 Å². The highest BCUT2D eigenvalue weighted by molar-refractivity contribution is 9.10. The minimum Gasteiger partial charge on any atom is -0.468 e. The smallest absolute Gasteiger partial charge is 0.334 e. The summed E-state index contributed by atoms with van der Waals surface area (Å²) in [6.45, 7) is 8.44. The Morgan fingerprint density at radius 3 is 1.43 bits per heavy atom. The molecule has 0 aromatic heterocycles. The van der Waals surface area contributed by atoms with Crippen molar-refractivity contribution in [3.8, 4) is 0 Å². The van der Waals surface area contributed by atoms with Gasteiger partial charge in [-0.05, 0) is 18.3 Å². The standard InChI is InChI=1S/C22H40Br2O4/c1-20(2,17-23)15-13-11-9-7-8-10-12-14-16-21(3,4)22(24,18(25)27-5)19(26)28-6/h7-17H2,1-6H3. The number of carbonyl (C=O) groups is 2. The molecule has 0 rings (SSSR count). The molecule has 4 nitrogen and oxygen atoms in total. The van der Waals surface area contributed by atoms with Gasteiger partial charge < -0.3 is 9.47 Å². The predicted molar refractivity (Wildman–Crippen MR) is 123 cm³/mol. The molecule has 0 aromatic carbocycles. The molecular weight excluding hydrogens is 488 g/mol. The molecule has 28 heavy (non-hydrogen) atoms. The van der Waals surface area contributed by atoms with Crippen LogP contribution in [0.3, 0.4) is 0 Å². The van der Waals surface area contributed by atoms with E-state index >= 15 is 0 Å². The van der Waals surface area contributed by atoms with Crippen molar-refractivity contribution >= 4 is 43.8 Å². The van der Waals surface area contributed by atoms with E-state index in [4.69, 9.17) is 9.47 Å². The molecule has 0 aliphatic carbocycles. The highest BCUT2D eigenvalue weighted by Gasteiger charge is 2.57. The van der Waals surface area contributed by atoms with E-state index in [9.17, 15) is 9.59 Å². The second kappa shape index (κ2) is 13.3. The van der Waals surface area contributed by atoms with E-state index in [-0.39, 0.29) is 0 Å². The summed E-state index contributed by atoms with van der Waals surface area (Å²) < 4.78 is 8.24. The second-order valence-corrected chi connectivity index (χ2v) is 10.9. The number of esters is 2. The average molecular weight is 528 g/mol. The van der Waals surface area contributed by atoms with Crippen molar-refractivity contribution in [2.45, 2.75) is 96.2 Å². The lowest BCUT2D eigenvalue weighted by molar-refractivity contribution is -0.160. The van der Waals surface area contributed by atoms with Crippen molar-refractivity contribution in [1.82, 2.24) is 0 Å². The van der Waals surface area contributed by atoms with E-state index in [0.29, 0.717) is 5.41 Å². The van der Waals surface area contributed by atoms with Gasteiger partial charge in [-0.1, -0.05) is 111 Å². The Bertz CT molecular complexity index is 459. The first kappa shape index (κ1) is 27.9. The Balaban J connectivity index is 4.15. The summed E-state index contributed by atoms with van der Waals surface area (Å²) in [6.07, 6.45) is 11.7. The van der Waals surface area contributed by atoms with Gasteiger partial charge >= 0.3 is 11.9 Å². The molecular formula is C22H40Br2O4. The number of alkyl halides is 2. The molecule has 0 N–H and O–H groups in total. The van der Waals surface area contributed by atoms with Gasteiger partial charge in [-0.25, -0.2) is 9.59 Å². The maximum atomic E-state index is 12.2. The van der Waals surface area contributed by atoms with Crippen LogP contribution in [0.4, 0.5) is 0 Å². The van der Waals surface area contributed by atoms with Crippen molar-refractivity contribution in [1.29, 1.82) is 0 Å². The summed E-state index contributed by atoms with van der Waals surface area (Å²) in [5.74, 6) is -1.21. The fraction of sp³-hybridized carbons (Fsp3) is 0.909. The third-order valence-electron chi connectivity index (χ3n) is 5.63. The number of hydrogen-bond acceptors (Lipinski definition) is 4. The van der Waals surface area contributed by atoms with Crippen LogP contribution in [0.15, 0.2) is 0 Å². The second-order valence-electron chi connectivity index (χ2n) is 9.15. The largest absolute Gasteiger partial charge is 0.468 e. The topological polar surface area (TPSA) is 52.6 Å². The first-order valence-electron chi connectivity index (χ1n) is 10.4. The van der Waals surface area contributed by atoms with Gasteiger partial charge in [0.05, 0.1) is 14.2 Å². The van der Waals surface area contributed by atoms with Gasteiger partial charge in [0.25, 0.3) is 0 Å². The zero-order valence-electron chi connectivity index (χ0n) is 18.7. The SMILES string of the molecule is COC(=O)C(Br)(C(=O)OC)C(C)(C)CCCCCCCCCCC(C)(C)CBr. The fourth-order valence-corrected chi connectivity index (χ4v) is 4.19. The van der Waals surface area contributed by atoms with Crippen LogP contribution in [0.5, 0.6) is 0 Å². The Kier molecular flexibility index (Phi) is 13.2. The number of carbonyl (C=O) groups excluding carboxylic acids is 2. The lowest BCUT2D eigenvalue weighted by atomic mass is 9.74. The van der Waals surface area contributed by atoms with E-state index in [2.05, 4.69) is 45.7 Å². The minimum absolute atomic E-state index is 0.409. The molecule has 0 saturated carbocycles. The highest BCUT2D eigenvalue weighted by Crippen LogP contribution is 2.44. The molecule has 0 heterocycles. The molecule has 0 atom stereocenters. The molecule has 0 spiro atoms. The molecule has 0 aliphatic heterocycles. The van der Waals surface area contributed by atoms with Crippen molar-refractivity contribution in [2.75, 3.05) is 19.5 Å². The van der Waals surface area contributed by atoms with Crippen molar-refractivity contribution < 1.29 is 19.1 Å². The summed E-state index contributed by atoms with van der Waals surface area (Å²) in [5, 5.41) is 1.07. The van der Waals surface area contributed by atoms with Crippen LogP contribution < -0.4 is 0 Å². The van der Waals surface area contributed by atoms with Crippen LogP contribution >= 0.6 is 31.9 Å². The van der Waals surface area contributed by atoms with Crippen LogP contribution in [-0.4, -0.2) is 35.8 Å². The zero-order chi connectivity index (χ0) is 21.8. The molecule has 0 fully saturated rings. The minimum atomic E-state index is -1.47. The fourth-order valence-electron chi connectivity index (χ4n) is 3.39. The third-order valence-corrected chi connectivity index (χ3v) is 8.87. The van der Waals surface area contributed by atoms with Crippen LogP contribution in [0.25, 0.3) is 0 Å². The number of hydrogen-bond donors (Lipinski definition) is 0. The lowest BCUT2D eigenvalue weighted by Crippen LogP contribution is -2.53. The molecule has 0 saturated heterocycles. The molecule has 0 unspecified atom stereocenters. The van der Waals surface area contributed by atoms with Crippen molar-refractivity contribution in [3.63, 3.8) is 0 Å². The molecule has 0 amide bonds. The van der Waals surface area contributed by atoms with Crippen LogP contribution in [0, 0.1) is 10.8 Å². The molecule has 6 heteroatoms. The molecule has 0 radical (unpaired) electrons. The first-order chi connectivity index (χ1) is 13.0. The maximum absolute atomic E-state index is 12.2. The van der Waals surface area contributed by atoms with Crippen LogP contribution in [-0.2, 0) is 19.1 Å². The van der Waals surface area contributed by atoms with Crippen LogP contribution in [0.2, 0.25) is 0 Å². The Morgan fingerprint density at radius 1 is 0.714 bits per heavy atom. The Labute approximate surface area is 189 Å². The number of rotatable bonds is 15. The summed E-state index contributed by atoms with van der Waals surface area (Å²) in [4.78, 5) is 24.5. The third kappa shape index (κ3) is 8.73. The van der Waals surface area contributed by atoms with Crippen molar-refractivity contribution in [3.05, 3.63) is 0 Å². The van der Waals surface area contributed by atoms with Gasteiger partial charge in [0.1, 0.15) is 0 Å². The van der Waals surface area contributed by atoms with Gasteiger partial charge in [-0.3, -0.25) is 0 Å². The maximum Gasteiger partial charge on any atom is 0.334 e. The van der Waals surface area contributed by atoms with Crippen molar-refractivity contribution in [2.24, 2.45) is 10.8 Å². The van der Waals surface area contributed by atoms with E-state index in [1.807, 2.05) is 13.8 Å². The Hall–Kier alpha value is -0.100.